The summed E-state index contributed by atoms with van der Waals surface area (Å²) in [6, 6.07) is 9.60. The lowest BCUT2D eigenvalue weighted by molar-refractivity contribution is -0.0947. The molecule has 1 spiro atoms. The lowest BCUT2D eigenvalue weighted by Crippen LogP contribution is -2.48. The van der Waals surface area contributed by atoms with E-state index >= 15 is 0 Å². The largest absolute Gasteiger partial charge is 0.497 e. The standard InChI is InChI=1S/C21H24N2O4/c1-25-16-6-10-22-17(14-16)20(24)23-11-8-21(9-12-23)19-15(7-13-27-21)4-3-5-18(19)26-2/h3-6,10,14H,7-9,11-13H2,1-2H3. The highest BCUT2D eigenvalue weighted by Gasteiger charge is 2.43. The molecule has 27 heavy (non-hydrogen) atoms. The molecule has 0 aliphatic carbocycles. The third kappa shape index (κ3) is 3.14. The number of aromatic nitrogens is 1. The highest BCUT2D eigenvalue weighted by Crippen LogP contribution is 2.45. The van der Waals surface area contributed by atoms with E-state index in [0.29, 0.717) is 31.1 Å². The third-order valence-corrected chi connectivity index (χ3v) is 5.58. The van der Waals surface area contributed by atoms with Crippen molar-refractivity contribution in [3.63, 3.8) is 0 Å². The van der Waals surface area contributed by atoms with E-state index in [-0.39, 0.29) is 11.5 Å². The van der Waals surface area contributed by atoms with Crippen molar-refractivity contribution in [3.8, 4) is 11.5 Å². The number of nitrogens with zero attached hydrogens (tertiary/aromatic N) is 2. The van der Waals surface area contributed by atoms with Gasteiger partial charge in [-0.2, -0.15) is 0 Å². The number of likely N-dealkylation sites (tertiary alicyclic amines) is 1. The Kier molecular flexibility index (Phi) is 4.74. The lowest BCUT2D eigenvalue weighted by Gasteiger charge is -2.45. The Morgan fingerprint density at radius 1 is 1.19 bits per heavy atom. The van der Waals surface area contributed by atoms with Crippen LogP contribution < -0.4 is 9.47 Å². The first-order valence-electron chi connectivity index (χ1n) is 9.26. The summed E-state index contributed by atoms with van der Waals surface area (Å²) in [5, 5.41) is 0. The predicted octanol–water partition coefficient (Wildman–Crippen LogP) is 2.80. The summed E-state index contributed by atoms with van der Waals surface area (Å²) in [6.45, 7) is 1.94. The maximum Gasteiger partial charge on any atom is 0.272 e. The average Bonchev–Trinajstić information content (AvgIpc) is 2.73. The minimum atomic E-state index is -0.376. The Labute approximate surface area is 159 Å². The highest BCUT2D eigenvalue weighted by molar-refractivity contribution is 5.92. The quantitative estimate of drug-likeness (QED) is 0.834. The van der Waals surface area contributed by atoms with Gasteiger partial charge in [0.15, 0.2) is 0 Å². The van der Waals surface area contributed by atoms with Crippen molar-refractivity contribution < 1.29 is 19.0 Å². The van der Waals surface area contributed by atoms with Gasteiger partial charge in [0.2, 0.25) is 0 Å². The van der Waals surface area contributed by atoms with Crippen LogP contribution in [0.2, 0.25) is 0 Å². The van der Waals surface area contributed by atoms with Crippen LogP contribution in [0.3, 0.4) is 0 Å². The van der Waals surface area contributed by atoms with Crippen LogP contribution in [0.4, 0.5) is 0 Å². The fraction of sp³-hybridized carbons (Fsp3) is 0.429. The molecular formula is C21H24N2O4. The first kappa shape index (κ1) is 17.8. The number of ether oxygens (including phenoxy) is 3. The third-order valence-electron chi connectivity index (χ3n) is 5.58. The van der Waals surface area contributed by atoms with E-state index in [4.69, 9.17) is 14.2 Å². The van der Waals surface area contributed by atoms with Gasteiger partial charge in [-0.25, -0.2) is 0 Å². The van der Waals surface area contributed by atoms with Crippen molar-refractivity contribution >= 4 is 5.91 Å². The van der Waals surface area contributed by atoms with Crippen molar-refractivity contribution in [1.82, 2.24) is 9.88 Å². The van der Waals surface area contributed by atoms with Crippen LogP contribution in [-0.4, -0.2) is 49.7 Å². The number of methoxy groups -OCH3 is 2. The molecule has 1 fully saturated rings. The summed E-state index contributed by atoms with van der Waals surface area (Å²) in [5.41, 5.74) is 2.48. The molecule has 6 heteroatoms. The number of carbonyl (C=O) groups is 1. The number of benzene rings is 1. The molecule has 0 atom stereocenters. The summed E-state index contributed by atoms with van der Waals surface area (Å²) in [7, 11) is 3.28. The fourth-order valence-electron chi connectivity index (χ4n) is 4.18. The zero-order chi connectivity index (χ0) is 18.9. The molecule has 142 valence electrons. The van der Waals surface area contributed by atoms with Gasteiger partial charge in [-0.3, -0.25) is 9.78 Å². The molecule has 1 aromatic carbocycles. The second-order valence-corrected chi connectivity index (χ2v) is 6.96. The zero-order valence-electron chi connectivity index (χ0n) is 15.7. The van der Waals surface area contributed by atoms with Crippen molar-refractivity contribution in [2.24, 2.45) is 0 Å². The Hall–Kier alpha value is -2.60. The summed E-state index contributed by atoms with van der Waals surface area (Å²) < 4.78 is 17.1. The molecule has 1 saturated heterocycles. The maximum absolute atomic E-state index is 12.9. The van der Waals surface area contributed by atoms with Gasteiger partial charge in [-0.05, 0) is 37.0 Å². The molecular weight excluding hydrogens is 344 g/mol. The molecule has 0 unspecified atom stereocenters. The van der Waals surface area contributed by atoms with E-state index in [0.717, 1.165) is 30.6 Å². The Morgan fingerprint density at radius 3 is 2.74 bits per heavy atom. The van der Waals surface area contributed by atoms with Gasteiger partial charge in [0, 0.05) is 30.9 Å². The number of carbonyl (C=O) groups excluding carboxylic acids is 1. The summed E-state index contributed by atoms with van der Waals surface area (Å²) in [6.07, 6.45) is 3.99. The molecule has 1 amide bonds. The van der Waals surface area contributed by atoms with Crippen LogP contribution in [0.1, 0.15) is 34.5 Å². The van der Waals surface area contributed by atoms with E-state index in [2.05, 4.69) is 11.1 Å². The Bertz CT molecular complexity index is 830. The van der Waals surface area contributed by atoms with Gasteiger partial charge in [0.05, 0.1) is 20.8 Å². The van der Waals surface area contributed by atoms with Crippen LogP contribution in [0.25, 0.3) is 0 Å². The number of amides is 1. The second-order valence-electron chi connectivity index (χ2n) is 6.96. The summed E-state index contributed by atoms with van der Waals surface area (Å²) >= 11 is 0. The summed E-state index contributed by atoms with van der Waals surface area (Å²) in [4.78, 5) is 18.9. The van der Waals surface area contributed by atoms with Crippen LogP contribution in [-0.2, 0) is 16.8 Å². The van der Waals surface area contributed by atoms with Crippen molar-refractivity contribution in [1.29, 1.82) is 0 Å². The SMILES string of the molecule is COc1ccnc(C(=O)N2CCC3(CC2)OCCc2cccc(OC)c23)c1. The molecule has 3 heterocycles. The van der Waals surface area contributed by atoms with Gasteiger partial charge >= 0.3 is 0 Å². The maximum atomic E-state index is 12.9. The van der Waals surface area contributed by atoms with E-state index in [1.165, 1.54) is 5.56 Å². The van der Waals surface area contributed by atoms with Crippen molar-refractivity contribution in [2.45, 2.75) is 24.9 Å². The second kappa shape index (κ2) is 7.19. The van der Waals surface area contributed by atoms with Gasteiger partial charge in [0.1, 0.15) is 22.8 Å². The van der Waals surface area contributed by atoms with Crippen LogP contribution in [0.15, 0.2) is 36.5 Å². The van der Waals surface area contributed by atoms with Crippen molar-refractivity contribution in [3.05, 3.63) is 53.3 Å². The molecule has 0 radical (unpaired) electrons. The molecule has 2 aliphatic rings. The molecule has 2 aromatic rings. The number of hydrogen-bond acceptors (Lipinski definition) is 5. The number of fused-ring (bicyclic) bond motifs is 2. The smallest absolute Gasteiger partial charge is 0.272 e. The van der Waals surface area contributed by atoms with Crippen LogP contribution in [0, 0.1) is 0 Å². The number of piperidine rings is 1. The van der Waals surface area contributed by atoms with Crippen LogP contribution >= 0.6 is 0 Å². The Morgan fingerprint density at radius 2 is 2.00 bits per heavy atom. The minimum Gasteiger partial charge on any atom is -0.497 e. The normalized spacial score (nSPS) is 18.1. The average molecular weight is 368 g/mol. The number of rotatable bonds is 3. The first-order chi connectivity index (χ1) is 13.2. The number of pyridine rings is 1. The number of hydrogen-bond donors (Lipinski definition) is 0. The monoisotopic (exact) mass is 368 g/mol. The zero-order valence-corrected chi connectivity index (χ0v) is 15.7. The van der Waals surface area contributed by atoms with Gasteiger partial charge < -0.3 is 19.1 Å². The topological polar surface area (TPSA) is 60.9 Å². The van der Waals surface area contributed by atoms with Gasteiger partial charge in [0.25, 0.3) is 5.91 Å². The summed E-state index contributed by atoms with van der Waals surface area (Å²) in [5.74, 6) is 1.44. The van der Waals surface area contributed by atoms with E-state index in [1.807, 2.05) is 17.0 Å². The van der Waals surface area contributed by atoms with Crippen LogP contribution in [0.5, 0.6) is 11.5 Å². The predicted molar refractivity (Wildman–Crippen MR) is 100 cm³/mol. The molecule has 2 aliphatic heterocycles. The fourth-order valence-corrected chi connectivity index (χ4v) is 4.18. The van der Waals surface area contributed by atoms with E-state index < -0.39 is 0 Å². The molecule has 4 rings (SSSR count). The molecule has 0 N–H and O–H groups in total. The highest BCUT2D eigenvalue weighted by atomic mass is 16.5. The van der Waals surface area contributed by atoms with E-state index in [9.17, 15) is 4.79 Å². The Balaban J connectivity index is 1.55. The minimum absolute atomic E-state index is 0.0696. The van der Waals surface area contributed by atoms with Gasteiger partial charge in [-0.15, -0.1) is 0 Å². The van der Waals surface area contributed by atoms with Gasteiger partial charge in [-0.1, -0.05) is 12.1 Å². The molecule has 1 aromatic heterocycles. The molecule has 0 saturated carbocycles. The molecule has 6 nitrogen and oxygen atoms in total. The lowest BCUT2D eigenvalue weighted by atomic mass is 9.78. The van der Waals surface area contributed by atoms with E-state index in [1.54, 1.807) is 32.5 Å². The molecule has 0 bridgehead atoms. The van der Waals surface area contributed by atoms with Crippen molar-refractivity contribution in [2.75, 3.05) is 33.9 Å². The first-order valence-corrected chi connectivity index (χ1v) is 9.26.